The molecule has 3 heterocycles. The maximum atomic E-state index is 12.5. The van der Waals surface area contributed by atoms with Crippen LogP contribution in [0.25, 0.3) is 6.08 Å². The number of nitrogens with one attached hydrogen (secondary N) is 1. The lowest BCUT2D eigenvalue weighted by molar-refractivity contribution is -0.123. The lowest BCUT2D eigenvalue weighted by Gasteiger charge is -2.18. The second-order valence-electron chi connectivity index (χ2n) is 5.04. The first kappa shape index (κ1) is 14.7. The number of thiocarbonyl (C=S) groups is 1. The average Bonchev–Trinajstić information content (AvgIpc) is 3.13. The molecule has 0 saturated carbocycles. The number of ether oxygens (including phenoxy) is 1. The minimum absolute atomic E-state index is 0.0801. The summed E-state index contributed by atoms with van der Waals surface area (Å²) in [5.74, 6) is -0.122. The normalized spacial score (nSPS) is 24.2. The molecule has 2 aliphatic rings. The molecular weight excluding hydrogens is 356 g/mol. The Morgan fingerprint density at radius 1 is 1.67 bits per heavy atom. The standard InChI is InChI=1S/C13H15BrN4O2S/c1-17-11(9(14)6-15-17)5-10-12(19)18(13(21)16-10)7-8-3-2-4-20-8/h5-6,8H,2-4,7H2,1H3,(H,16,21)/b10-5+/t8-/m0/s1. The number of carbonyl (C=O) groups is 1. The molecule has 2 saturated heterocycles. The van der Waals surface area contributed by atoms with Gasteiger partial charge in [0.25, 0.3) is 5.91 Å². The van der Waals surface area contributed by atoms with Crippen LogP contribution >= 0.6 is 28.1 Å². The Hall–Kier alpha value is -1.25. The lowest BCUT2D eigenvalue weighted by Crippen LogP contribution is -2.37. The summed E-state index contributed by atoms with van der Waals surface area (Å²) in [7, 11) is 1.82. The van der Waals surface area contributed by atoms with Crippen molar-refractivity contribution in [2.75, 3.05) is 13.2 Å². The summed E-state index contributed by atoms with van der Waals surface area (Å²) in [6.45, 7) is 1.27. The number of aromatic nitrogens is 2. The summed E-state index contributed by atoms with van der Waals surface area (Å²) >= 11 is 8.67. The number of nitrogens with zero attached hydrogens (tertiary/aromatic N) is 3. The van der Waals surface area contributed by atoms with Gasteiger partial charge in [0.05, 0.1) is 29.0 Å². The molecule has 21 heavy (non-hydrogen) atoms. The number of hydrogen-bond acceptors (Lipinski definition) is 4. The zero-order chi connectivity index (χ0) is 15.0. The van der Waals surface area contributed by atoms with Crippen LogP contribution < -0.4 is 5.32 Å². The first-order chi connectivity index (χ1) is 10.1. The maximum absolute atomic E-state index is 12.5. The molecule has 112 valence electrons. The average molecular weight is 371 g/mol. The van der Waals surface area contributed by atoms with Gasteiger partial charge in [-0.2, -0.15) is 5.10 Å². The van der Waals surface area contributed by atoms with Crippen molar-refractivity contribution >= 4 is 45.2 Å². The largest absolute Gasteiger partial charge is 0.376 e. The molecule has 3 rings (SSSR count). The maximum Gasteiger partial charge on any atom is 0.276 e. The zero-order valence-corrected chi connectivity index (χ0v) is 13.9. The first-order valence-electron chi connectivity index (χ1n) is 6.70. The zero-order valence-electron chi connectivity index (χ0n) is 11.5. The van der Waals surface area contributed by atoms with E-state index in [-0.39, 0.29) is 12.0 Å². The molecule has 0 aromatic carbocycles. The van der Waals surface area contributed by atoms with E-state index in [9.17, 15) is 4.79 Å². The molecule has 0 unspecified atom stereocenters. The van der Waals surface area contributed by atoms with Crippen LogP contribution in [0.4, 0.5) is 0 Å². The fourth-order valence-electron chi connectivity index (χ4n) is 2.45. The van der Waals surface area contributed by atoms with Gasteiger partial charge >= 0.3 is 0 Å². The molecule has 1 aromatic heterocycles. The van der Waals surface area contributed by atoms with E-state index in [1.807, 2.05) is 7.05 Å². The SMILES string of the molecule is Cn1ncc(Br)c1/C=C1/NC(=S)N(C[C@@H]2CCCO2)C1=O. The fraction of sp³-hybridized carbons (Fsp3) is 0.462. The molecule has 6 nitrogen and oxygen atoms in total. The predicted octanol–water partition coefficient (Wildman–Crippen LogP) is 1.42. The Morgan fingerprint density at radius 3 is 3.10 bits per heavy atom. The van der Waals surface area contributed by atoms with E-state index in [4.69, 9.17) is 17.0 Å². The van der Waals surface area contributed by atoms with E-state index >= 15 is 0 Å². The number of amides is 1. The van der Waals surface area contributed by atoms with Crippen LogP contribution in [0.3, 0.4) is 0 Å². The highest BCUT2D eigenvalue weighted by atomic mass is 79.9. The van der Waals surface area contributed by atoms with Crippen molar-refractivity contribution in [1.29, 1.82) is 0 Å². The number of rotatable bonds is 3. The van der Waals surface area contributed by atoms with E-state index in [0.29, 0.717) is 17.4 Å². The van der Waals surface area contributed by atoms with Crippen LogP contribution in [0.2, 0.25) is 0 Å². The molecule has 8 heteroatoms. The Kier molecular flexibility index (Phi) is 4.10. The molecule has 0 aliphatic carbocycles. The van der Waals surface area contributed by atoms with Gasteiger partial charge in [-0.3, -0.25) is 14.4 Å². The third-order valence-corrected chi connectivity index (χ3v) is 4.52. The van der Waals surface area contributed by atoms with Gasteiger partial charge in [-0.1, -0.05) is 0 Å². The molecule has 0 bridgehead atoms. The lowest BCUT2D eigenvalue weighted by atomic mass is 10.2. The van der Waals surface area contributed by atoms with Gasteiger partial charge in [0, 0.05) is 13.7 Å². The third kappa shape index (κ3) is 2.88. The summed E-state index contributed by atoms with van der Waals surface area (Å²) in [5.41, 5.74) is 1.27. The smallest absolute Gasteiger partial charge is 0.276 e. The monoisotopic (exact) mass is 370 g/mol. The van der Waals surface area contributed by atoms with Gasteiger partial charge in [0.1, 0.15) is 5.70 Å². The van der Waals surface area contributed by atoms with Crippen molar-refractivity contribution in [2.45, 2.75) is 18.9 Å². The molecule has 1 N–H and O–H groups in total. The molecule has 2 fully saturated rings. The van der Waals surface area contributed by atoms with E-state index in [2.05, 4.69) is 26.3 Å². The summed E-state index contributed by atoms with van der Waals surface area (Å²) < 4.78 is 8.09. The van der Waals surface area contributed by atoms with Crippen molar-refractivity contribution in [1.82, 2.24) is 20.0 Å². The first-order valence-corrected chi connectivity index (χ1v) is 7.90. The van der Waals surface area contributed by atoms with Crippen LogP contribution in [0.1, 0.15) is 18.5 Å². The highest BCUT2D eigenvalue weighted by molar-refractivity contribution is 9.10. The number of carbonyl (C=O) groups excluding carboxylic acids is 1. The molecule has 0 spiro atoms. The fourth-order valence-corrected chi connectivity index (χ4v) is 3.18. The van der Waals surface area contributed by atoms with Crippen molar-refractivity contribution in [3.63, 3.8) is 0 Å². The van der Waals surface area contributed by atoms with Crippen LogP contribution in [-0.4, -0.2) is 45.0 Å². The van der Waals surface area contributed by atoms with Crippen molar-refractivity contribution in [2.24, 2.45) is 7.05 Å². The highest BCUT2D eigenvalue weighted by Gasteiger charge is 2.33. The molecule has 0 radical (unpaired) electrons. The second-order valence-corrected chi connectivity index (χ2v) is 6.28. The van der Waals surface area contributed by atoms with E-state index in [1.165, 1.54) is 0 Å². The van der Waals surface area contributed by atoms with Gasteiger partial charge < -0.3 is 10.1 Å². The Bertz CT molecular complexity index is 602. The topological polar surface area (TPSA) is 59.4 Å². The summed E-state index contributed by atoms with van der Waals surface area (Å²) in [5, 5.41) is 7.53. The minimum atomic E-state index is -0.122. The molecule has 2 aliphatic heterocycles. The third-order valence-electron chi connectivity index (χ3n) is 3.59. The Morgan fingerprint density at radius 2 is 2.48 bits per heavy atom. The number of halogens is 1. The van der Waals surface area contributed by atoms with Crippen molar-refractivity contribution in [3.05, 3.63) is 22.1 Å². The minimum Gasteiger partial charge on any atom is -0.376 e. The Balaban J connectivity index is 1.79. The van der Waals surface area contributed by atoms with E-state index < -0.39 is 0 Å². The van der Waals surface area contributed by atoms with Crippen molar-refractivity contribution < 1.29 is 9.53 Å². The molecular formula is C13H15BrN4O2S. The number of aryl methyl sites for hydroxylation is 1. The van der Waals surface area contributed by atoms with E-state index in [1.54, 1.807) is 21.9 Å². The Labute approximate surface area is 136 Å². The predicted molar refractivity (Wildman–Crippen MR) is 85.3 cm³/mol. The van der Waals surface area contributed by atoms with Crippen LogP contribution in [0.15, 0.2) is 16.4 Å². The van der Waals surface area contributed by atoms with Crippen LogP contribution in [-0.2, 0) is 16.6 Å². The molecule has 1 atom stereocenters. The van der Waals surface area contributed by atoms with Crippen LogP contribution in [0.5, 0.6) is 0 Å². The second kappa shape index (κ2) is 5.86. The van der Waals surface area contributed by atoms with Gasteiger partial charge in [-0.05, 0) is 47.1 Å². The van der Waals surface area contributed by atoms with Crippen molar-refractivity contribution in [3.8, 4) is 0 Å². The van der Waals surface area contributed by atoms with Gasteiger partial charge in [-0.15, -0.1) is 0 Å². The number of hydrogen-bond donors (Lipinski definition) is 1. The summed E-state index contributed by atoms with van der Waals surface area (Å²) in [6.07, 6.45) is 5.53. The van der Waals surface area contributed by atoms with Gasteiger partial charge in [0.2, 0.25) is 0 Å². The molecule has 1 aromatic rings. The summed E-state index contributed by atoms with van der Waals surface area (Å²) in [4.78, 5) is 14.0. The highest BCUT2D eigenvalue weighted by Crippen LogP contribution is 2.22. The summed E-state index contributed by atoms with van der Waals surface area (Å²) in [6, 6.07) is 0. The van der Waals surface area contributed by atoms with Crippen LogP contribution in [0, 0.1) is 0 Å². The van der Waals surface area contributed by atoms with Gasteiger partial charge in [0.15, 0.2) is 5.11 Å². The quantitative estimate of drug-likeness (QED) is 0.643. The van der Waals surface area contributed by atoms with E-state index in [0.717, 1.165) is 29.6 Å². The molecule has 1 amide bonds. The van der Waals surface area contributed by atoms with Gasteiger partial charge in [-0.25, -0.2) is 0 Å².